The molecule has 0 fully saturated rings. The van der Waals surface area contributed by atoms with E-state index in [2.05, 4.69) is 0 Å². The average Bonchev–Trinajstić information content (AvgIpc) is 2.74. The summed E-state index contributed by atoms with van der Waals surface area (Å²) in [5.41, 5.74) is 2.80. The number of nitrogens with zero attached hydrogens (tertiary/aromatic N) is 1. The van der Waals surface area contributed by atoms with Crippen molar-refractivity contribution in [1.29, 1.82) is 0 Å². The molecular formula is C22H27NO5. The lowest BCUT2D eigenvalue weighted by atomic mass is 9.98. The van der Waals surface area contributed by atoms with Gasteiger partial charge in [-0.15, -0.1) is 0 Å². The summed E-state index contributed by atoms with van der Waals surface area (Å²) in [7, 11) is 3.22. The van der Waals surface area contributed by atoms with Gasteiger partial charge in [0.25, 0.3) is 5.91 Å². The summed E-state index contributed by atoms with van der Waals surface area (Å²) in [6.45, 7) is 2.39. The topological polar surface area (TPSA) is 57.2 Å². The zero-order valence-corrected chi connectivity index (χ0v) is 16.4. The van der Waals surface area contributed by atoms with Gasteiger partial charge in [0.1, 0.15) is 12.4 Å². The largest absolute Gasteiger partial charge is 0.489 e. The van der Waals surface area contributed by atoms with Gasteiger partial charge in [-0.1, -0.05) is 30.3 Å². The van der Waals surface area contributed by atoms with E-state index < -0.39 is 6.23 Å². The van der Waals surface area contributed by atoms with Crippen molar-refractivity contribution in [3.05, 3.63) is 65.2 Å². The average molecular weight is 385 g/mol. The van der Waals surface area contributed by atoms with E-state index >= 15 is 0 Å². The molecule has 0 aromatic heterocycles. The molecule has 1 amide bonds. The summed E-state index contributed by atoms with van der Waals surface area (Å²) in [6.07, 6.45) is 0.341. The van der Waals surface area contributed by atoms with Gasteiger partial charge in [-0.25, -0.2) is 0 Å². The van der Waals surface area contributed by atoms with Crippen LogP contribution in [0.15, 0.2) is 48.5 Å². The van der Waals surface area contributed by atoms with Crippen LogP contribution in [0.3, 0.4) is 0 Å². The van der Waals surface area contributed by atoms with Gasteiger partial charge in [-0.05, 0) is 35.7 Å². The number of hydrogen-bond donors (Lipinski definition) is 0. The summed E-state index contributed by atoms with van der Waals surface area (Å²) in [4.78, 5) is 14.6. The number of ether oxygens (including phenoxy) is 4. The molecule has 1 aliphatic rings. The molecule has 1 aliphatic heterocycles. The smallest absolute Gasteiger partial charge is 0.256 e. The first-order valence-electron chi connectivity index (χ1n) is 9.43. The fourth-order valence-corrected chi connectivity index (χ4v) is 3.20. The quantitative estimate of drug-likeness (QED) is 0.589. The Labute approximate surface area is 166 Å². The normalized spacial score (nSPS) is 14.6. The van der Waals surface area contributed by atoms with Crippen LogP contribution >= 0.6 is 0 Å². The lowest BCUT2D eigenvalue weighted by molar-refractivity contribution is -0.0749. The van der Waals surface area contributed by atoms with E-state index in [-0.39, 0.29) is 5.91 Å². The molecule has 28 heavy (non-hydrogen) atoms. The van der Waals surface area contributed by atoms with Crippen molar-refractivity contribution in [2.24, 2.45) is 0 Å². The van der Waals surface area contributed by atoms with Crippen molar-refractivity contribution in [1.82, 2.24) is 4.90 Å². The summed E-state index contributed by atoms with van der Waals surface area (Å²) in [5, 5.41) is 0. The molecular weight excluding hydrogens is 358 g/mol. The lowest BCUT2D eigenvalue weighted by Gasteiger charge is -2.34. The van der Waals surface area contributed by atoms with Crippen molar-refractivity contribution in [3.63, 3.8) is 0 Å². The summed E-state index contributed by atoms with van der Waals surface area (Å²) in [6, 6.07) is 15.7. The van der Waals surface area contributed by atoms with Crippen LogP contribution in [0.5, 0.6) is 5.75 Å². The predicted octanol–water partition coefficient (Wildman–Crippen LogP) is 2.90. The highest BCUT2D eigenvalue weighted by molar-refractivity contribution is 5.97. The second-order valence-electron chi connectivity index (χ2n) is 6.60. The Hall–Kier alpha value is -2.41. The number of rotatable bonds is 10. The minimum atomic E-state index is -0.411. The van der Waals surface area contributed by atoms with Gasteiger partial charge in [0.2, 0.25) is 0 Å². The molecule has 0 N–H and O–H groups in total. The van der Waals surface area contributed by atoms with Gasteiger partial charge in [0.05, 0.1) is 19.8 Å². The van der Waals surface area contributed by atoms with Crippen LogP contribution in [0, 0.1) is 0 Å². The molecule has 2 aromatic carbocycles. The molecule has 0 radical (unpaired) electrons. The molecule has 1 heterocycles. The third kappa shape index (κ3) is 5.10. The summed E-state index contributed by atoms with van der Waals surface area (Å²) >= 11 is 0. The zero-order valence-electron chi connectivity index (χ0n) is 16.4. The van der Waals surface area contributed by atoms with Crippen LogP contribution in [-0.4, -0.2) is 57.6 Å². The van der Waals surface area contributed by atoms with Crippen molar-refractivity contribution >= 4 is 5.91 Å². The molecule has 6 heteroatoms. The zero-order chi connectivity index (χ0) is 19.8. The standard InChI is InChI=1S/C22H27NO5/c1-25-12-13-27-16-21(26-2)23-11-10-18-14-19(8-9-20(18)22(23)24)28-15-17-6-4-3-5-7-17/h3-9,14,21H,10-13,15-16H2,1-2H3. The first-order chi connectivity index (χ1) is 13.7. The number of carbonyl (C=O) groups excluding carboxylic acids is 1. The van der Waals surface area contributed by atoms with Crippen LogP contribution in [-0.2, 0) is 27.2 Å². The van der Waals surface area contributed by atoms with Crippen LogP contribution in [0.4, 0.5) is 0 Å². The molecule has 6 nitrogen and oxygen atoms in total. The fourth-order valence-electron chi connectivity index (χ4n) is 3.20. The fraction of sp³-hybridized carbons (Fsp3) is 0.409. The predicted molar refractivity (Wildman–Crippen MR) is 105 cm³/mol. The molecule has 0 spiro atoms. The number of methoxy groups -OCH3 is 2. The third-order valence-corrected chi connectivity index (χ3v) is 4.75. The Morgan fingerprint density at radius 3 is 2.64 bits per heavy atom. The summed E-state index contributed by atoms with van der Waals surface area (Å²) < 4.78 is 21.9. The van der Waals surface area contributed by atoms with Gasteiger partial charge in [0.15, 0.2) is 6.23 Å². The van der Waals surface area contributed by atoms with Crippen LogP contribution in [0.25, 0.3) is 0 Å². The molecule has 1 unspecified atom stereocenters. The number of fused-ring (bicyclic) bond motifs is 1. The first kappa shape index (κ1) is 20.3. The second-order valence-corrected chi connectivity index (χ2v) is 6.60. The van der Waals surface area contributed by atoms with E-state index in [4.69, 9.17) is 18.9 Å². The number of amides is 1. The Morgan fingerprint density at radius 2 is 1.89 bits per heavy atom. The highest BCUT2D eigenvalue weighted by atomic mass is 16.5. The molecule has 0 bridgehead atoms. The Kier molecular flexibility index (Phi) is 7.42. The molecule has 1 atom stereocenters. The van der Waals surface area contributed by atoms with Crippen molar-refractivity contribution in [2.45, 2.75) is 19.3 Å². The maximum Gasteiger partial charge on any atom is 0.256 e. The number of hydrogen-bond acceptors (Lipinski definition) is 5. The van der Waals surface area contributed by atoms with Gasteiger partial charge < -0.3 is 23.8 Å². The van der Waals surface area contributed by atoms with Crippen LogP contribution in [0.2, 0.25) is 0 Å². The number of benzene rings is 2. The molecule has 0 aliphatic carbocycles. The monoisotopic (exact) mass is 385 g/mol. The highest BCUT2D eigenvalue weighted by Gasteiger charge is 2.30. The van der Waals surface area contributed by atoms with E-state index in [1.165, 1.54) is 0 Å². The Morgan fingerprint density at radius 1 is 1.07 bits per heavy atom. The maximum atomic E-state index is 12.9. The minimum absolute atomic E-state index is 0.0435. The third-order valence-electron chi connectivity index (χ3n) is 4.75. The van der Waals surface area contributed by atoms with Crippen molar-refractivity contribution in [3.8, 4) is 5.75 Å². The lowest BCUT2D eigenvalue weighted by Crippen LogP contribution is -2.47. The molecule has 0 saturated carbocycles. The molecule has 150 valence electrons. The van der Waals surface area contributed by atoms with Crippen molar-refractivity contribution in [2.75, 3.05) is 40.6 Å². The van der Waals surface area contributed by atoms with E-state index in [9.17, 15) is 4.79 Å². The summed E-state index contributed by atoms with van der Waals surface area (Å²) in [5.74, 6) is 0.730. The maximum absolute atomic E-state index is 12.9. The first-order valence-corrected chi connectivity index (χ1v) is 9.43. The van der Waals surface area contributed by atoms with Crippen LogP contribution in [0.1, 0.15) is 21.5 Å². The Balaban J connectivity index is 1.62. The van der Waals surface area contributed by atoms with E-state index in [1.807, 2.05) is 48.5 Å². The van der Waals surface area contributed by atoms with E-state index in [0.717, 1.165) is 23.3 Å². The molecule has 3 rings (SSSR count). The minimum Gasteiger partial charge on any atom is -0.489 e. The van der Waals surface area contributed by atoms with E-state index in [0.29, 0.717) is 38.5 Å². The van der Waals surface area contributed by atoms with Crippen molar-refractivity contribution < 1.29 is 23.7 Å². The number of carbonyl (C=O) groups is 1. The van der Waals surface area contributed by atoms with Gasteiger partial charge in [-0.2, -0.15) is 0 Å². The van der Waals surface area contributed by atoms with Gasteiger partial charge in [0, 0.05) is 26.3 Å². The Bertz CT molecular complexity index is 765. The van der Waals surface area contributed by atoms with Gasteiger partial charge >= 0.3 is 0 Å². The second kappa shape index (κ2) is 10.2. The SMILES string of the molecule is COCCOCC(OC)N1CCc2cc(OCc3ccccc3)ccc2C1=O. The van der Waals surface area contributed by atoms with Gasteiger partial charge in [-0.3, -0.25) is 4.79 Å². The van der Waals surface area contributed by atoms with E-state index in [1.54, 1.807) is 19.1 Å². The highest BCUT2D eigenvalue weighted by Crippen LogP contribution is 2.26. The molecule has 0 saturated heterocycles. The molecule has 2 aromatic rings. The van der Waals surface area contributed by atoms with Crippen LogP contribution < -0.4 is 4.74 Å².